The lowest BCUT2D eigenvalue weighted by molar-refractivity contribution is 0.919. The molecule has 0 aliphatic rings. The van der Waals surface area contributed by atoms with Crippen LogP contribution in [0.15, 0.2) is 36.9 Å². The average molecular weight is 186 g/mol. The van der Waals surface area contributed by atoms with Gasteiger partial charge in [-0.3, -0.25) is 0 Å². The normalized spacial score (nSPS) is 10.0. The van der Waals surface area contributed by atoms with Gasteiger partial charge in [-0.2, -0.15) is 0 Å². The highest BCUT2D eigenvalue weighted by molar-refractivity contribution is 5.47. The Kier molecular flexibility index (Phi) is 2.36. The van der Waals surface area contributed by atoms with Gasteiger partial charge in [-0.1, -0.05) is 18.2 Å². The molecule has 0 aliphatic carbocycles. The number of nitrogens with zero attached hydrogens (tertiary/aromatic N) is 3. The van der Waals surface area contributed by atoms with Crippen LogP contribution in [0.1, 0.15) is 11.4 Å². The van der Waals surface area contributed by atoms with Crippen molar-refractivity contribution in [1.29, 1.82) is 0 Å². The summed E-state index contributed by atoms with van der Waals surface area (Å²) in [6, 6.07) is 7.70. The van der Waals surface area contributed by atoms with E-state index in [1.165, 1.54) is 12.7 Å². The Hall–Kier alpha value is -1.97. The van der Waals surface area contributed by atoms with Gasteiger partial charge in [-0.05, 0) is 11.6 Å². The second-order valence-corrected chi connectivity index (χ2v) is 2.93. The van der Waals surface area contributed by atoms with E-state index in [4.69, 9.17) is 5.73 Å². The Bertz CT molecular complexity index is 413. The number of aromatic nitrogens is 3. The van der Waals surface area contributed by atoms with Crippen molar-refractivity contribution in [3.63, 3.8) is 0 Å². The Morgan fingerprint density at radius 1 is 1.07 bits per heavy atom. The van der Waals surface area contributed by atoms with Gasteiger partial charge in [0.15, 0.2) is 0 Å². The Balaban J connectivity index is 2.24. The number of hydrogen-bond donors (Lipinski definition) is 1. The highest BCUT2D eigenvalue weighted by Gasteiger charge is 2.00. The van der Waals surface area contributed by atoms with Crippen molar-refractivity contribution in [3.8, 4) is 0 Å². The van der Waals surface area contributed by atoms with Crippen LogP contribution in [0.3, 0.4) is 0 Å². The largest absolute Gasteiger partial charge is 0.398 e. The van der Waals surface area contributed by atoms with E-state index in [1.54, 1.807) is 0 Å². The molecular weight excluding hydrogens is 176 g/mol. The number of benzene rings is 1. The summed E-state index contributed by atoms with van der Waals surface area (Å²) < 4.78 is 0. The minimum Gasteiger partial charge on any atom is -0.398 e. The van der Waals surface area contributed by atoms with Crippen molar-refractivity contribution in [2.75, 3.05) is 5.73 Å². The van der Waals surface area contributed by atoms with E-state index in [9.17, 15) is 0 Å². The fourth-order valence-electron chi connectivity index (χ4n) is 1.22. The van der Waals surface area contributed by atoms with Crippen molar-refractivity contribution < 1.29 is 0 Å². The van der Waals surface area contributed by atoms with Gasteiger partial charge in [0.1, 0.15) is 18.5 Å². The van der Waals surface area contributed by atoms with Crippen molar-refractivity contribution in [2.24, 2.45) is 0 Å². The molecule has 1 aromatic carbocycles. The summed E-state index contributed by atoms with van der Waals surface area (Å²) in [6.45, 7) is 0. The fraction of sp³-hybridized carbons (Fsp3) is 0.100. The molecule has 0 spiro atoms. The Morgan fingerprint density at radius 3 is 2.50 bits per heavy atom. The van der Waals surface area contributed by atoms with Gasteiger partial charge in [0.05, 0.1) is 0 Å². The highest BCUT2D eigenvalue weighted by atomic mass is 15.0. The first-order valence-corrected chi connectivity index (χ1v) is 4.30. The molecule has 2 rings (SSSR count). The third-order valence-electron chi connectivity index (χ3n) is 1.95. The molecule has 4 heteroatoms. The van der Waals surface area contributed by atoms with Gasteiger partial charge in [0, 0.05) is 12.1 Å². The van der Waals surface area contributed by atoms with Gasteiger partial charge >= 0.3 is 0 Å². The quantitative estimate of drug-likeness (QED) is 0.712. The molecule has 0 aliphatic heterocycles. The minimum absolute atomic E-state index is 0.648. The summed E-state index contributed by atoms with van der Waals surface area (Å²) in [4.78, 5) is 11.8. The molecule has 4 nitrogen and oxygen atoms in total. The van der Waals surface area contributed by atoms with Crippen LogP contribution in [0.2, 0.25) is 0 Å². The van der Waals surface area contributed by atoms with Gasteiger partial charge in [0.25, 0.3) is 0 Å². The average Bonchev–Trinajstić information content (AvgIpc) is 2.23. The fourth-order valence-corrected chi connectivity index (χ4v) is 1.22. The van der Waals surface area contributed by atoms with Crippen molar-refractivity contribution in [2.45, 2.75) is 6.42 Å². The smallest absolute Gasteiger partial charge is 0.136 e. The topological polar surface area (TPSA) is 64.7 Å². The van der Waals surface area contributed by atoms with E-state index in [1.807, 2.05) is 24.3 Å². The van der Waals surface area contributed by atoms with Gasteiger partial charge < -0.3 is 5.73 Å². The second kappa shape index (κ2) is 3.83. The molecule has 0 bridgehead atoms. The highest BCUT2D eigenvalue weighted by Crippen LogP contribution is 2.12. The third-order valence-corrected chi connectivity index (χ3v) is 1.95. The second-order valence-electron chi connectivity index (χ2n) is 2.93. The summed E-state index contributed by atoms with van der Waals surface area (Å²) in [5.41, 5.74) is 7.61. The number of para-hydroxylation sites is 1. The first-order chi connectivity index (χ1) is 6.86. The molecule has 1 aromatic heterocycles. The van der Waals surface area contributed by atoms with E-state index >= 15 is 0 Å². The summed E-state index contributed by atoms with van der Waals surface area (Å²) in [5, 5.41) is 0. The zero-order valence-electron chi connectivity index (χ0n) is 7.59. The Morgan fingerprint density at radius 2 is 1.79 bits per heavy atom. The molecule has 0 saturated carbocycles. The van der Waals surface area contributed by atoms with Gasteiger partial charge in [-0.15, -0.1) is 0 Å². The van der Waals surface area contributed by atoms with Gasteiger partial charge in [-0.25, -0.2) is 15.0 Å². The monoisotopic (exact) mass is 186 g/mol. The van der Waals surface area contributed by atoms with Crippen LogP contribution >= 0.6 is 0 Å². The standard InChI is InChI=1S/C10H10N4/c11-9-4-2-1-3-8(9)5-10-13-6-12-7-14-10/h1-4,6-7H,5,11H2. The summed E-state index contributed by atoms with van der Waals surface area (Å²) in [7, 11) is 0. The van der Waals surface area contributed by atoms with E-state index in [0.29, 0.717) is 6.42 Å². The third kappa shape index (κ3) is 1.85. The minimum atomic E-state index is 0.648. The van der Waals surface area contributed by atoms with Crippen molar-refractivity contribution in [3.05, 3.63) is 48.3 Å². The van der Waals surface area contributed by atoms with Crippen LogP contribution in [-0.2, 0) is 6.42 Å². The van der Waals surface area contributed by atoms with E-state index in [-0.39, 0.29) is 0 Å². The first kappa shape index (κ1) is 8.62. The zero-order valence-corrected chi connectivity index (χ0v) is 7.59. The molecule has 0 fully saturated rings. The predicted octanol–water partition coefficient (Wildman–Crippen LogP) is 1.04. The summed E-state index contributed by atoms with van der Waals surface area (Å²) in [5.74, 6) is 0.734. The number of nitrogens with two attached hydrogens (primary N) is 1. The SMILES string of the molecule is Nc1ccccc1Cc1ncncn1. The molecule has 1 heterocycles. The van der Waals surface area contributed by atoms with Crippen LogP contribution in [0.5, 0.6) is 0 Å². The van der Waals surface area contributed by atoms with Crippen LogP contribution in [0, 0.1) is 0 Å². The van der Waals surface area contributed by atoms with Crippen molar-refractivity contribution >= 4 is 5.69 Å². The number of nitrogen functional groups attached to an aromatic ring is 1. The number of anilines is 1. The molecule has 0 unspecified atom stereocenters. The molecule has 2 N–H and O–H groups in total. The van der Waals surface area contributed by atoms with E-state index in [0.717, 1.165) is 17.1 Å². The number of hydrogen-bond acceptors (Lipinski definition) is 4. The van der Waals surface area contributed by atoms with Gasteiger partial charge in [0.2, 0.25) is 0 Å². The zero-order chi connectivity index (χ0) is 9.80. The lowest BCUT2D eigenvalue weighted by Gasteiger charge is -2.02. The molecule has 0 amide bonds. The maximum atomic E-state index is 5.80. The van der Waals surface area contributed by atoms with Crippen LogP contribution < -0.4 is 5.73 Å². The van der Waals surface area contributed by atoms with Crippen LogP contribution in [0.25, 0.3) is 0 Å². The molecule has 0 atom stereocenters. The number of rotatable bonds is 2. The summed E-state index contributed by atoms with van der Waals surface area (Å²) >= 11 is 0. The lowest BCUT2D eigenvalue weighted by atomic mass is 10.1. The van der Waals surface area contributed by atoms with E-state index in [2.05, 4.69) is 15.0 Å². The summed E-state index contributed by atoms with van der Waals surface area (Å²) in [6.07, 6.45) is 3.62. The first-order valence-electron chi connectivity index (χ1n) is 4.30. The molecule has 0 radical (unpaired) electrons. The molecule has 70 valence electrons. The lowest BCUT2D eigenvalue weighted by Crippen LogP contribution is -1.99. The van der Waals surface area contributed by atoms with Crippen LogP contribution in [-0.4, -0.2) is 15.0 Å². The predicted molar refractivity (Wildman–Crippen MR) is 53.5 cm³/mol. The molecule has 2 aromatic rings. The van der Waals surface area contributed by atoms with Crippen LogP contribution in [0.4, 0.5) is 5.69 Å². The maximum Gasteiger partial charge on any atom is 0.136 e. The van der Waals surface area contributed by atoms with Crippen molar-refractivity contribution in [1.82, 2.24) is 15.0 Å². The maximum absolute atomic E-state index is 5.80. The molecule has 0 saturated heterocycles. The Labute approximate surface area is 81.9 Å². The molecular formula is C10H10N4. The molecule has 14 heavy (non-hydrogen) atoms. The van der Waals surface area contributed by atoms with E-state index < -0.39 is 0 Å².